The highest BCUT2D eigenvalue weighted by molar-refractivity contribution is 6.30. The van der Waals surface area contributed by atoms with Crippen molar-refractivity contribution in [2.24, 2.45) is 28.6 Å². The summed E-state index contributed by atoms with van der Waals surface area (Å²) < 4.78 is 0. The Labute approximate surface area is 164 Å². The molecule has 4 aliphatic rings. The van der Waals surface area contributed by atoms with Crippen molar-refractivity contribution < 1.29 is 5.11 Å². The minimum Gasteiger partial charge on any atom is -0.393 e. The average molecular weight is 361 g/mol. The predicted molar refractivity (Wildman–Crippen MR) is 113 cm³/mol. The molecule has 6 unspecified atom stereocenters. The number of allylic oxidation sites excluding steroid dienone is 3. The van der Waals surface area contributed by atoms with Crippen molar-refractivity contribution in [3.8, 4) is 0 Å². The van der Waals surface area contributed by atoms with Gasteiger partial charge in [-0.1, -0.05) is 43.7 Å². The molecule has 2 saturated carbocycles. The molecule has 0 aliphatic heterocycles. The van der Waals surface area contributed by atoms with Crippen molar-refractivity contribution in [1.29, 1.82) is 0 Å². The normalized spacial score (nSPS) is 43.2. The molecule has 0 bridgehead atoms. The predicted octanol–water partition coefficient (Wildman–Crippen LogP) is 3.66. The van der Waals surface area contributed by atoms with E-state index in [0.717, 1.165) is 36.2 Å². The topological polar surface area (TPSA) is 33.1 Å². The molecule has 1 N–H and O–H groups in total. The largest absolute Gasteiger partial charge is 0.393 e. The number of aliphatic hydroxyl groups is 1. The highest BCUT2D eigenvalue weighted by Gasteiger charge is 2.56. The fourth-order valence-electron chi connectivity index (χ4n) is 7.28. The number of pyridine rings is 1. The maximum Gasteiger partial charge on any atom is 0.163 e. The molecule has 0 aromatic carbocycles. The second kappa shape index (κ2) is 6.07. The Balaban J connectivity index is 1.46. The van der Waals surface area contributed by atoms with Crippen molar-refractivity contribution in [3.05, 3.63) is 41.6 Å². The SMILES string of the molecule is Bc1ccc(C2=CCC3C4CC=C5CC(O)CCC5(C)C4CCC23C)cn1. The van der Waals surface area contributed by atoms with Gasteiger partial charge in [-0.3, -0.25) is 4.98 Å². The maximum atomic E-state index is 10.2. The van der Waals surface area contributed by atoms with E-state index in [1.165, 1.54) is 37.7 Å². The van der Waals surface area contributed by atoms with Crippen molar-refractivity contribution in [2.45, 2.75) is 64.9 Å². The molecule has 5 rings (SSSR count). The summed E-state index contributed by atoms with van der Waals surface area (Å²) >= 11 is 0. The lowest BCUT2D eigenvalue weighted by atomic mass is 9.47. The van der Waals surface area contributed by atoms with Crippen molar-refractivity contribution in [1.82, 2.24) is 4.98 Å². The summed E-state index contributed by atoms with van der Waals surface area (Å²) in [6.45, 7) is 5.04. The smallest absolute Gasteiger partial charge is 0.163 e. The fraction of sp³-hybridized carbons (Fsp3) is 0.625. The number of hydrogen-bond donors (Lipinski definition) is 1. The average Bonchev–Trinajstić information content (AvgIpc) is 3.00. The molecule has 2 fully saturated rings. The van der Waals surface area contributed by atoms with Crippen LogP contribution < -0.4 is 5.59 Å². The first-order chi connectivity index (χ1) is 12.9. The van der Waals surface area contributed by atoms with Gasteiger partial charge in [0.15, 0.2) is 7.85 Å². The molecule has 1 aromatic heterocycles. The van der Waals surface area contributed by atoms with E-state index in [1.54, 1.807) is 11.1 Å². The lowest BCUT2D eigenvalue weighted by molar-refractivity contribution is -0.0238. The Hall–Kier alpha value is -1.35. The van der Waals surface area contributed by atoms with Crippen LogP contribution in [0.4, 0.5) is 0 Å². The van der Waals surface area contributed by atoms with Crippen LogP contribution in [0.25, 0.3) is 5.57 Å². The number of aromatic nitrogens is 1. The van der Waals surface area contributed by atoms with E-state index in [0.29, 0.717) is 10.8 Å². The molecule has 4 aliphatic carbocycles. The number of fused-ring (bicyclic) bond motifs is 5. The van der Waals surface area contributed by atoms with Crippen LogP contribution in [0.5, 0.6) is 0 Å². The van der Waals surface area contributed by atoms with E-state index in [9.17, 15) is 5.11 Å². The van der Waals surface area contributed by atoms with E-state index < -0.39 is 0 Å². The summed E-state index contributed by atoms with van der Waals surface area (Å²) in [5, 5.41) is 10.2. The summed E-state index contributed by atoms with van der Waals surface area (Å²) in [7, 11) is 2.07. The maximum absolute atomic E-state index is 10.2. The highest BCUT2D eigenvalue weighted by atomic mass is 16.3. The van der Waals surface area contributed by atoms with Gasteiger partial charge in [-0.05, 0) is 90.3 Å². The number of rotatable bonds is 1. The molecule has 1 aromatic rings. The first kappa shape index (κ1) is 17.7. The van der Waals surface area contributed by atoms with E-state index in [1.807, 2.05) is 0 Å². The van der Waals surface area contributed by atoms with Crippen LogP contribution in [0.1, 0.15) is 64.4 Å². The standard InChI is InChI=1S/C24H32BNO/c1-23-11-9-17(27)13-16(23)4-5-18-20-7-6-19(15-3-8-22(25)26-14-15)24(20,2)12-10-21(18)23/h3-4,6,8,14,17-18,20-21,27H,5,7,9-13,25H2,1-2H3. The molecule has 0 saturated heterocycles. The van der Waals surface area contributed by atoms with Crippen molar-refractivity contribution in [2.75, 3.05) is 0 Å². The second-order valence-electron chi connectivity index (χ2n) is 10.2. The summed E-state index contributed by atoms with van der Waals surface area (Å²) in [6.07, 6.45) is 15.2. The Morgan fingerprint density at radius 1 is 1.04 bits per heavy atom. The van der Waals surface area contributed by atoms with E-state index in [2.05, 4.69) is 57.2 Å². The van der Waals surface area contributed by atoms with Crippen molar-refractivity contribution in [3.63, 3.8) is 0 Å². The van der Waals surface area contributed by atoms with E-state index in [-0.39, 0.29) is 6.10 Å². The van der Waals surface area contributed by atoms with Crippen LogP contribution in [0.3, 0.4) is 0 Å². The van der Waals surface area contributed by atoms with Crippen LogP contribution in [0, 0.1) is 28.6 Å². The lowest BCUT2D eigenvalue weighted by Gasteiger charge is -2.57. The van der Waals surface area contributed by atoms with Gasteiger partial charge in [-0.25, -0.2) is 0 Å². The van der Waals surface area contributed by atoms with Gasteiger partial charge in [-0.2, -0.15) is 0 Å². The zero-order chi connectivity index (χ0) is 18.8. The van der Waals surface area contributed by atoms with E-state index in [4.69, 9.17) is 0 Å². The van der Waals surface area contributed by atoms with Crippen LogP contribution in [-0.2, 0) is 0 Å². The minimum atomic E-state index is -0.108. The molecule has 2 nitrogen and oxygen atoms in total. The summed E-state index contributed by atoms with van der Waals surface area (Å²) in [5.41, 5.74) is 6.19. The lowest BCUT2D eigenvalue weighted by Crippen LogP contribution is -2.49. The molecule has 0 amide bonds. The van der Waals surface area contributed by atoms with Gasteiger partial charge in [0.05, 0.1) is 6.10 Å². The number of nitrogens with zero attached hydrogens (tertiary/aromatic N) is 1. The third kappa shape index (κ3) is 2.53. The Morgan fingerprint density at radius 3 is 2.63 bits per heavy atom. The Morgan fingerprint density at radius 2 is 1.85 bits per heavy atom. The fourth-order valence-corrected chi connectivity index (χ4v) is 7.28. The molecule has 6 atom stereocenters. The molecule has 0 radical (unpaired) electrons. The van der Waals surface area contributed by atoms with Crippen LogP contribution in [-0.4, -0.2) is 24.0 Å². The highest BCUT2D eigenvalue weighted by Crippen LogP contribution is 2.66. The minimum absolute atomic E-state index is 0.108. The number of aliphatic hydroxyl groups excluding tert-OH is 1. The van der Waals surface area contributed by atoms with Gasteiger partial charge in [0.2, 0.25) is 0 Å². The third-order valence-corrected chi connectivity index (χ3v) is 8.88. The number of hydrogen-bond acceptors (Lipinski definition) is 2. The van der Waals surface area contributed by atoms with Gasteiger partial charge in [0.25, 0.3) is 0 Å². The van der Waals surface area contributed by atoms with Crippen LogP contribution in [0.2, 0.25) is 0 Å². The molecule has 1 heterocycles. The molecular weight excluding hydrogens is 329 g/mol. The monoisotopic (exact) mass is 361 g/mol. The zero-order valence-corrected chi connectivity index (χ0v) is 17.0. The molecule has 142 valence electrons. The van der Waals surface area contributed by atoms with Gasteiger partial charge >= 0.3 is 0 Å². The Bertz CT molecular complexity index is 812. The first-order valence-corrected chi connectivity index (χ1v) is 10.9. The molecule has 27 heavy (non-hydrogen) atoms. The molecule has 0 spiro atoms. The molecule has 3 heteroatoms. The summed E-state index contributed by atoms with van der Waals surface area (Å²) in [5.74, 6) is 2.35. The van der Waals surface area contributed by atoms with Gasteiger partial charge < -0.3 is 5.11 Å². The Kier molecular flexibility index (Phi) is 3.99. The van der Waals surface area contributed by atoms with Crippen molar-refractivity contribution >= 4 is 19.0 Å². The van der Waals surface area contributed by atoms with Gasteiger partial charge in [-0.15, -0.1) is 0 Å². The van der Waals surface area contributed by atoms with Crippen LogP contribution >= 0.6 is 0 Å². The quantitative estimate of drug-likeness (QED) is 0.612. The summed E-state index contributed by atoms with van der Waals surface area (Å²) in [6, 6.07) is 4.43. The van der Waals surface area contributed by atoms with Gasteiger partial charge in [0.1, 0.15) is 0 Å². The second-order valence-corrected chi connectivity index (χ2v) is 10.2. The first-order valence-electron chi connectivity index (χ1n) is 10.9. The van der Waals surface area contributed by atoms with E-state index >= 15 is 0 Å². The van der Waals surface area contributed by atoms with Gasteiger partial charge in [0, 0.05) is 6.20 Å². The third-order valence-electron chi connectivity index (χ3n) is 8.88. The molecular formula is C24H32BNO. The zero-order valence-electron chi connectivity index (χ0n) is 17.0. The summed E-state index contributed by atoms with van der Waals surface area (Å²) in [4.78, 5) is 4.57. The van der Waals surface area contributed by atoms with Crippen LogP contribution in [0.15, 0.2) is 36.1 Å².